The van der Waals surface area contributed by atoms with Crippen LogP contribution in [0.2, 0.25) is 0 Å². The molecule has 1 aliphatic heterocycles. The van der Waals surface area contributed by atoms with Crippen molar-refractivity contribution in [2.75, 3.05) is 19.4 Å². The minimum atomic E-state index is 0.363. The standard InChI is InChI=1S/C18H21NOS/c1-13-3-6-16(7-4-13)21-12-17(19-2)14-5-8-18-15(11-14)9-10-20-18/h3-8,11,17,19H,9-10,12H2,1-2H3. The fourth-order valence-corrected chi connectivity index (χ4v) is 3.63. The minimum Gasteiger partial charge on any atom is -0.493 e. The lowest BCUT2D eigenvalue weighted by atomic mass is 10.0. The van der Waals surface area contributed by atoms with Gasteiger partial charge in [0.1, 0.15) is 5.75 Å². The number of ether oxygens (including phenoxy) is 1. The number of hydrogen-bond donors (Lipinski definition) is 1. The Kier molecular flexibility index (Phi) is 4.51. The van der Waals surface area contributed by atoms with Crippen LogP contribution in [0.15, 0.2) is 47.4 Å². The SMILES string of the molecule is CNC(CSc1ccc(C)cc1)c1ccc2c(c1)CCO2. The van der Waals surface area contributed by atoms with Crippen molar-refractivity contribution >= 4 is 11.8 Å². The summed E-state index contributed by atoms with van der Waals surface area (Å²) in [4.78, 5) is 1.32. The average molecular weight is 299 g/mol. The molecule has 0 spiro atoms. The van der Waals surface area contributed by atoms with Gasteiger partial charge in [0, 0.05) is 23.1 Å². The minimum absolute atomic E-state index is 0.363. The zero-order chi connectivity index (χ0) is 14.7. The van der Waals surface area contributed by atoms with Gasteiger partial charge in [-0.1, -0.05) is 29.8 Å². The van der Waals surface area contributed by atoms with Crippen LogP contribution in [0.5, 0.6) is 5.75 Å². The summed E-state index contributed by atoms with van der Waals surface area (Å²) in [6, 6.07) is 15.7. The lowest BCUT2D eigenvalue weighted by Crippen LogP contribution is -2.18. The molecule has 0 saturated heterocycles. The van der Waals surface area contributed by atoms with E-state index < -0.39 is 0 Å². The van der Waals surface area contributed by atoms with Crippen LogP contribution in [0.25, 0.3) is 0 Å². The topological polar surface area (TPSA) is 21.3 Å². The maximum atomic E-state index is 5.58. The molecule has 0 aliphatic carbocycles. The molecule has 1 atom stereocenters. The number of aryl methyl sites for hydroxylation is 1. The second-order valence-corrected chi connectivity index (χ2v) is 6.52. The maximum Gasteiger partial charge on any atom is 0.122 e. The summed E-state index contributed by atoms with van der Waals surface area (Å²) in [5.74, 6) is 2.08. The number of thioether (sulfide) groups is 1. The van der Waals surface area contributed by atoms with Gasteiger partial charge in [-0.05, 0) is 43.3 Å². The summed E-state index contributed by atoms with van der Waals surface area (Å²) in [5, 5.41) is 3.43. The zero-order valence-corrected chi connectivity index (χ0v) is 13.4. The Balaban J connectivity index is 1.68. The van der Waals surface area contributed by atoms with E-state index in [0.717, 1.165) is 24.5 Å². The molecule has 0 amide bonds. The molecule has 0 radical (unpaired) electrons. The lowest BCUT2D eigenvalue weighted by Gasteiger charge is -2.17. The molecule has 110 valence electrons. The average Bonchev–Trinajstić information content (AvgIpc) is 2.97. The molecule has 21 heavy (non-hydrogen) atoms. The Morgan fingerprint density at radius 3 is 2.76 bits per heavy atom. The molecule has 1 heterocycles. The number of hydrogen-bond acceptors (Lipinski definition) is 3. The molecule has 1 N–H and O–H groups in total. The normalized spacial score (nSPS) is 14.6. The first-order valence-electron chi connectivity index (χ1n) is 7.38. The summed E-state index contributed by atoms with van der Waals surface area (Å²) in [6.07, 6.45) is 1.03. The molecule has 0 aromatic heterocycles. The van der Waals surface area contributed by atoms with Gasteiger partial charge in [-0.25, -0.2) is 0 Å². The largest absolute Gasteiger partial charge is 0.493 e. The zero-order valence-electron chi connectivity index (χ0n) is 12.6. The Morgan fingerprint density at radius 2 is 2.00 bits per heavy atom. The fourth-order valence-electron chi connectivity index (χ4n) is 2.58. The quantitative estimate of drug-likeness (QED) is 0.844. The van der Waals surface area contributed by atoms with Gasteiger partial charge < -0.3 is 10.1 Å². The first-order chi connectivity index (χ1) is 10.3. The highest BCUT2D eigenvalue weighted by atomic mass is 32.2. The molecule has 2 aromatic carbocycles. The van der Waals surface area contributed by atoms with Crippen LogP contribution < -0.4 is 10.1 Å². The van der Waals surface area contributed by atoms with Crippen LogP contribution in [-0.2, 0) is 6.42 Å². The van der Waals surface area contributed by atoms with Gasteiger partial charge >= 0.3 is 0 Å². The third kappa shape index (κ3) is 3.42. The van der Waals surface area contributed by atoms with E-state index in [0.29, 0.717) is 6.04 Å². The van der Waals surface area contributed by atoms with Gasteiger partial charge in [0.15, 0.2) is 0 Å². The van der Waals surface area contributed by atoms with Crippen molar-refractivity contribution in [2.24, 2.45) is 0 Å². The monoisotopic (exact) mass is 299 g/mol. The van der Waals surface area contributed by atoms with E-state index in [2.05, 4.69) is 54.7 Å². The van der Waals surface area contributed by atoms with Gasteiger partial charge in [0.2, 0.25) is 0 Å². The van der Waals surface area contributed by atoms with E-state index in [9.17, 15) is 0 Å². The maximum absolute atomic E-state index is 5.58. The first kappa shape index (κ1) is 14.5. The van der Waals surface area contributed by atoms with Crippen molar-refractivity contribution in [2.45, 2.75) is 24.3 Å². The van der Waals surface area contributed by atoms with Crippen LogP contribution in [0.3, 0.4) is 0 Å². The third-order valence-corrected chi connectivity index (χ3v) is 5.01. The van der Waals surface area contributed by atoms with Crippen LogP contribution in [0.4, 0.5) is 0 Å². The Morgan fingerprint density at radius 1 is 1.19 bits per heavy atom. The summed E-state index contributed by atoms with van der Waals surface area (Å²) < 4.78 is 5.58. The van der Waals surface area contributed by atoms with Crippen molar-refractivity contribution in [1.82, 2.24) is 5.32 Å². The molecule has 1 unspecified atom stereocenters. The fraction of sp³-hybridized carbons (Fsp3) is 0.333. The van der Waals surface area contributed by atoms with Crippen LogP contribution >= 0.6 is 11.8 Å². The molecular formula is C18H21NOS. The van der Waals surface area contributed by atoms with Gasteiger partial charge in [-0.3, -0.25) is 0 Å². The second-order valence-electron chi connectivity index (χ2n) is 5.43. The molecule has 3 heteroatoms. The molecule has 0 fully saturated rings. The lowest BCUT2D eigenvalue weighted by molar-refractivity contribution is 0.357. The highest BCUT2D eigenvalue weighted by molar-refractivity contribution is 7.99. The summed E-state index contributed by atoms with van der Waals surface area (Å²) in [5.41, 5.74) is 4.00. The van der Waals surface area contributed by atoms with E-state index in [1.54, 1.807) is 0 Å². The summed E-state index contributed by atoms with van der Waals surface area (Å²) in [7, 11) is 2.03. The molecule has 0 saturated carbocycles. The summed E-state index contributed by atoms with van der Waals surface area (Å²) in [6.45, 7) is 2.94. The Hall–Kier alpha value is -1.45. The van der Waals surface area contributed by atoms with E-state index in [1.807, 2.05) is 18.8 Å². The second kappa shape index (κ2) is 6.54. The van der Waals surface area contributed by atoms with Crippen molar-refractivity contribution in [3.05, 3.63) is 59.2 Å². The molecule has 2 aromatic rings. The molecule has 2 nitrogen and oxygen atoms in total. The Bertz CT molecular complexity index is 609. The molecular weight excluding hydrogens is 278 g/mol. The van der Waals surface area contributed by atoms with Crippen molar-refractivity contribution < 1.29 is 4.74 Å². The van der Waals surface area contributed by atoms with Crippen LogP contribution in [0, 0.1) is 6.92 Å². The van der Waals surface area contributed by atoms with E-state index in [4.69, 9.17) is 4.74 Å². The Labute approximate surface area is 130 Å². The highest BCUT2D eigenvalue weighted by Gasteiger charge is 2.16. The number of fused-ring (bicyclic) bond motifs is 1. The van der Waals surface area contributed by atoms with Gasteiger partial charge in [0.25, 0.3) is 0 Å². The predicted molar refractivity (Wildman–Crippen MR) is 89.3 cm³/mol. The van der Waals surface area contributed by atoms with Crippen LogP contribution in [0.1, 0.15) is 22.7 Å². The summed E-state index contributed by atoms with van der Waals surface area (Å²) >= 11 is 1.90. The van der Waals surface area contributed by atoms with Crippen molar-refractivity contribution in [3.63, 3.8) is 0 Å². The van der Waals surface area contributed by atoms with E-state index in [1.165, 1.54) is 21.6 Å². The first-order valence-corrected chi connectivity index (χ1v) is 8.37. The van der Waals surface area contributed by atoms with E-state index >= 15 is 0 Å². The molecule has 0 bridgehead atoms. The number of benzene rings is 2. The van der Waals surface area contributed by atoms with Crippen molar-refractivity contribution in [1.29, 1.82) is 0 Å². The molecule has 3 rings (SSSR count). The van der Waals surface area contributed by atoms with Crippen molar-refractivity contribution in [3.8, 4) is 5.75 Å². The highest BCUT2D eigenvalue weighted by Crippen LogP contribution is 2.30. The van der Waals surface area contributed by atoms with Gasteiger partial charge in [-0.2, -0.15) is 0 Å². The van der Waals surface area contributed by atoms with Crippen LogP contribution in [-0.4, -0.2) is 19.4 Å². The van der Waals surface area contributed by atoms with E-state index in [-0.39, 0.29) is 0 Å². The number of rotatable bonds is 5. The number of nitrogens with one attached hydrogen (secondary N) is 1. The smallest absolute Gasteiger partial charge is 0.122 e. The van der Waals surface area contributed by atoms with Gasteiger partial charge in [-0.15, -0.1) is 11.8 Å². The third-order valence-electron chi connectivity index (χ3n) is 3.90. The predicted octanol–water partition coefficient (Wildman–Crippen LogP) is 3.98. The molecule has 1 aliphatic rings. The van der Waals surface area contributed by atoms with Gasteiger partial charge in [0.05, 0.1) is 6.61 Å².